The van der Waals surface area contributed by atoms with E-state index in [1.165, 1.54) is 6.08 Å². The van der Waals surface area contributed by atoms with Gasteiger partial charge in [0.2, 0.25) is 5.91 Å². The standard InChI is InChI=1S/C14H16N2O2/c1-3-6-14(18)16-10(2)9-13(17)15-11-7-4-5-8-12(11)16/h3-8,10H,9H2,1-2H3,(H,15,17)/b6-3+/t10-/m1/s1. The molecule has 0 radical (unpaired) electrons. The third-order valence-electron chi connectivity index (χ3n) is 2.91. The van der Waals surface area contributed by atoms with Crippen LogP contribution in [0.5, 0.6) is 0 Å². The number of carbonyl (C=O) groups is 2. The maximum absolute atomic E-state index is 12.1. The summed E-state index contributed by atoms with van der Waals surface area (Å²) in [6.07, 6.45) is 3.53. The number of carbonyl (C=O) groups excluding carboxylic acids is 2. The molecule has 0 saturated heterocycles. The molecule has 1 aliphatic rings. The molecule has 0 bridgehead atoms. The van der Waals surface area contributed by atoms with Crippen molar-refractivity contribution in [3.05, 3.63) is 36.4 Å². The Kier molecular flexibility index (Phi) is 3.46. The van der Waals surface area contributed by atoms with E-state index >= 15 is 0 Å². The second-order valence-corrected chi connectivity index (χ2v) is 4.33. The Morgan fingerprint density at radius 1 is 1.44 bits per heavy atom. The number of nitrogens with zero attached hydrogens (tertiary/aromatic N) is 1. The van der Waals surface area contributed by atoms with Gasteiger partial charge in [-0.2, -0.15) is 0 Å². The highest BCUT2D eigenvalue weighted by Crippen LogP contribution is 2.31. The number of hydrogen-bond donors (Lipinski definition) is 1. The van der Waals surface area contributed by atoms with E-state index in [-0.39, 0.29) is 17.9 Å². The molecule has 2 amide bonds. The van der Waals surface area contributed by atoms with Crippen molar-refractivity contribution >= 4 is 23.2 Å². The molecule has 0 fully saturated rings. The van der Waals surface area contributed by atoms with Crippen molar-refractivity contribution in [3.8, 4) is 0 Å². The van der Waals surface area contributed by atoms with Gasteiger partial charge in [0.15, 0.2) is 0 Å². The Bertz CT molecular complexity index is 508. The first kappa shape index (κ1) is 12.4. The van der Waals surface area contributed by atoms with Gasteiger partial charge >= 0.3 is 0 Å². The Morgan fingerprint density at radius 2 is 2.17 bits per heavy atom. The second-order valence-electron chi connectivity index (χ2n) is 4.33. The number of para-hydroxylation sites is 2. The third kappa shape index (κ3) is 2.27. The molecular formula is C14H16N2O2. The topological polar surface area (TPSA) is 49.4 Å². The Labute approximate surface area is 106 Å². The van der Waals surface area contributed by atoms with Crippen molar-refractivity contribution < 1.29 is 9.59 Å². The van der Waals surface area contributed by atoms with Crippen LogP contribution in [0.25, 0.3) is 0 Å². The highest BCUT2D eigenvalue weighted by atomic mass is 16.2. The van der Waals surface area contributed by atoms with Gasteiger partial charge in [-0.15, -0.1) is 0 Å². The molecule has 2 rings (SSSR count). The first-order valence-corrected chi connectivity index (χ1v) is 5.98. The van der Waals surface area contributed by atoms with E-state index < -0.39 is 0 Å². The van der Waals surface area contributed by atoms with E-state index in [0.717, 1.165) is 5.69 Å². The van der Waals surface area contributed by atoms with Crippen molar-refractivity contribution in [2.45, 2.75) is 26.3 Å². The molecule has 0 aromatic heterocycles. The lowest BCUT2D eigenvalue weighted by Gasteiger charge is -2.26. The van der Waals surface area contributed by atoms with E-state index in [4.69, 9.17) is 0 Å². The number of anilines is 2. The first-order valence-electron chi connectivity index (χ1n) is 5.98. The van der Waals surface area contributed by atoms with Crippen molar-refractivity contribution in [2.24, 2.45) is 0 Å². The molecule has 1 aromatic rings. The molecule has 18 heavy (non-hydrogen) atoms. The lowest BCUT2D eigenvalue weighted by atomic mass is 10.1. The number of rotatable bonds is 1. The zero-order valence-corrected chi connectivity index (χ0v) is 10.5. The second kappa shape index (κ2) is 5.04. The molecule has 0 saturated carbocycles. The molecule has 0 spiro atoms. The summed E-state index contributed by atoms with van der Waals surface area (Å²) in [4.78, 5) is 25.5. The summed E-state index contributed by atoms with van der Waals surface area (Å²) in [5.41, 5.74) is 1.43. The quantitative estimate of drug-likeness (QED) is 0.771. The molecule has 4 heteroatoms. The number of fused-ring (bicyclic) bond motifs is 1. The Hall–Kier alpha value is -2.10. The Morgan fingerprint density at radius 3 is 2.89 bits per heavy atom. The van der Waals surface area contributed by atoms with E-state index in [1.807, 2.05) is 25.1 Å². The Balaban J connectivity index is 2.49. The maximum atomic E-state index is 12.1. The van der Waals surface area contributed by atoms with E-state index in [0.29, 0.717) is 12.1 Å². The van der Waals surface area contributed by atoms with Gasteiger partial charge in [-0.25, -0.2) is 0 Å². The molecule has 4 nitrogen and oxygen atoms in total. The van der Waals surface area contributed by atoms with E-state index in [2.05, 4.69) is 5.32 Å². The van der Waals surface area contributed by atoms with Crippen LogP contribution in [0.4, 0.5) is 11.4 Å². The molecule has 94 valence electrons. The van der Waals surface area contributed by atoms with Crippen LogP contribution < -0.4 is 10.2 Å². The molecule has 0 aliphatic carbocycles. The van der Waals surface area contributed by atoms with Crippen LogP contribution in [0, 0.1) is 0 Å². The number of allylic oxidation sites excluding steroid dienone is 1. The zero-order chi connectivity index (χ0) is 13.1. The smallest absolute Gasteiger partial charge is 0.250 e. The third-order valence-corrected chi connectivity index (χ3v) is 2.91. The lowest BCUT2D eigenvalue weighted by Crippen LogP contribution is -2.37. The predicted octanol–water partition coefficient (Wildman–Crippen LogP) is 2.33. The van der Waals surface area contributed by atoms with Crippen LogP contribution in [0.2, 0.25) is 0 Å². The van der Waals surface area contributed by atoms with Crippen molar-refractivity contribution in [1.29, 1.82) is 0 Å². The maximum Gasteiger partial charge on any atom is 0.250 e. The highest BCUT2D eigenvalue weighted by molar-refractivity contribution is 6.08. The van der Waals surface area contributed by atoms with Crippen LogP contribution in [0.1, 0.15) is 20.3 Å². The normalized spacial score (nSPS) is 19.3. The van der Waals surface area contributed by atoms with Gasteiger partial charge in [0, 0.05) is 12.5 Å². The number of benzene rings is 1. The molecule has 1 N–H and O–H groups in total. The van der Waals surface area contributed by atoms with E-state index in [9.17, 15) is 9.59 Å². The fraction of sp³-hybridized carbons (Fsp3) is 0.286. The molecule has 1 aromatic carbocycles. The molecule has 1 atom stereocenters. The monoisotopic (exact) mass is 244 g/mol. The van der Waals surface area contributed by atoms with Gasteiger partial charge in [0.1, 0.15) is 0 Å². The minimum atomic E-state index is -0.155. The highest BCUT2D eigenvalue weighted by Gasteiger charge is 2.28. The van der Waals surface area contributed by atoms with Gasteiger partial charge in [0.05, 0.1) is 11.4 Å². The average Bonchev–Trinajstić information content (AvgIpc) is 2.43. The fourth-order valence-electron chi connectivity index (χ4n) is 2.15. The summed E-state index contributed by atoms with van der Waals surface area (Å²) < 4.78 is 0. The van der Waals surface area contributed by atoms with Crippen LogP contribution in [-0.2, 0) is 9.59 Å². The van der Waals surface area contributed by atoms with Gasteiger partial charge in [-0.3, -0.25) is 9.59 Å². The van der Waals surface area contributed by atoms with Crippen molar-refractivity contribution in [2.75, 3.05) is 10.2 Å². The van der Waals surface area contributed by atoms with Crippen LogP contribution in [0.15, 0.2) is 36.4 Å². The summed E-state index contributed by atoms with van der Waals surface area (Å²) in [6.45, 7) is 3.68. The average molecular weight is 244 g/mol. The molecule has 1 aliphatic heterocycles. The minimum Gasteiger partial charge on any atom is -0.324 e. The molecule has 0 unspecified atom stereocenters. The largest absolute Gasteiger partial charge is 0.324 e. The summed E-state index contributed by atoms with van der Waals surface area (Å²) >= 11 is 0. The summed E-state index contributed by atoms with van der Waals surface area (Å²) in [5.74, 6) is -0.167. The van der Waals surface area contributed by atoms with Gasteiger partial charge in [-0.05, 0) is 32.1 Å². The lowest BCUT2D eigenvalue weighted by molar-refractivity contribution is -0.116. The fourth-order valence-corrected chi connectivity index (χ4v) is 2.15. The van der Waals surface area contributed by atoms with Gasteiger partial charge in [-0.1, -0.05) is 18.2 Å². The number of amides is 2. The number of hydrogen-bond acceptors (Lipinski definition) is 2. The predicted molar refractivity (Wildman–Crippen MR) is 71.5 cm³/mol. The van der Waals surface area contributed by atoms with Crippen molar-refractivity contribution in [1.82, 2.24) is 0 Å². The molecule has 1 heterocycles. The van der Waals surface area contributed by atoms with Crippen molar-refractivity contribution in [3.63, 3.8) is 0 Å². The van der Waals surface area contributed by atoms with Crippen LogP contribution in [0.3, 0.4) is 0 Å². The van der Waals surface area contributed by atoms with Crippen LogP contribution >= 0.6 is 0 Å². The SMILES string of the molecule is C/C=C/C(=O)N1c2ccccc2NC(=O)C[C@H]1C. The summed E-state index contributed by atoms with van der Waals surface area (Å²) in [5, 5.41) is 2.82. The first-order chi connectivity index (χ1) is 8.63. The summed E-state index contributed by atoms with van der Waals surface area (Å²) in [7, 11) is 0. The number of nitrogens with one attached hydrogen (secondary N) is 1. The van der Waals surface area contributed by atoms with Gasteiger partial charge in [0.25, 0.3) is 5.91 Å². The molecular weight excluding hydrogens is 228 g/mol. The van der Waals surface area contributed by atoms with Crippen LogP contribution in [-0.4, -0.2) is 17.9 Å². The van der Waals surface area contributed by atoms with Gasteiger partial charge < -0.3 is 10.2 Å². The van der Waals surface area contributed by atoms with E-state index in [1.54, 1.807) is 24.0 Å². The zero-order valence-electron chi connectivity index (χ0n) is 10.5. The summed E-state index contributed by atoms with van der Waals surface area (Å²) in [6, 6.07) is 7.20. The minimum absolute atomic E-state index is 0.0641.